The van der Waals surface area contributed by atoms with Crippen molar-refractivity contribution in [3.63, 3.8) is 0 Å². The Morgan fingerprint density at radius 1 is 1.10 bits per heavy atom. The van der Waals surface area contributed by atoms with Gasteiger partial charge in [-0.25, -0.2) is 0 Å². The summed E-state index contributed by atoms with van der Waals surface area (Å²) in [5.74, 6) is 0.602. The van der Waals surface area contributed by atoms with Gasteiger partial charge in [0.2, 0.25) is 5.91 Å². The van der Waals surface area contributed by atoms with Crippen LogP contribution in [0.4, 0.5) is 5.69 Å². The molecule has 2 aromatic rings. The highest BCUT2D eigenvalue weighted by Gasteiger charge is 2.23. The molecule has 0 spiro atoms. The van der Waals surface area contributed by atoms with Crippen LogP contribution in [0.2, 0.25) is 0 Å². The number of amides is 1. The number of nitrogens with one attached hydrogen (secondary N) is 3. The molecule has 1 fully saturated rings. The van der Waals surface area contributed by atoms with Crippen LogP contribution in [0, 0.1) is 6.92 Å². The summed E-state index contributed by atoms with van der Waals surface area (Å²) in [6.07, 6.45) is 1.04. The Hall–Kier alpha value is -2.29. The van der Waals surface area contributed by atoms with E-state index in [0.29, 0.717) is 18.5 Å². The summed E-state index contributed by atoms with van der Waals surface area (Å²) in [6.45, 7) is 4.76. The van der Waals surface area contributed by atoms with Crippen molar-refractivity contribution < 1.29 is 4.79 Å². The van der Waals surface area contributed by atoms with Crippen LogP contribution in [0.1, 0.15) is 17.5 Å². The minimum absolute atomic E-state index is 0. The SMILES string of the molecule is CN=C(NCC(=O)NCc1ccccc1)NC1CCN(c2ccc(C)cc2)C1.I. The Morgan fingerprint density at radius 2 is 1.83 bits per heavy atom. The molecule has 3 rings (SSSR count). The van der Waals surface area contributed by atoms with E-state index >= 15 is 0 Å². The smallest absolute Gasteiger partial charge is 0.239 e. The highest BCUT2D eigenvalue weighted by Crippen LogP contribution is 2.20. The molecule has 7 heteroatoms. The fraction of sp³-hybridized carbons (Fsp3) is 0.364. The maximum absolute atomic E-state index is 12.1. The number of halogens is 1. The van der Waals surface area contributed by atoms with E-state index in [0.717, 1.165) is 25.1 Å². The number of carbonyl (C=O) groups is 1. The number of hydrogen-bond donors (Lipinski definition) is 3. The molecule has 1 saturated heterocycles. The van der Waals surface area contributed by atoms with Gasteiger partial charge < -0.3 is 20.9 Å². The third-order valence-corrected chi connectivity index (χ3v) is 4.90. The molecular formula is C22H30IN5O. The molecule has 2 aromatic carbocycles. The van der Waals surface area contributed by atoms with Gasteiger partial charge in [-0.15, -0.1) is 24.0 Å². The van der Waals surface area contributed by atoms with Crippen LogP contribution in [-0.2, 0) is 11.3 Å². The van der Waals surface area contributed by atoms with Gasteiger partial charge in [0.25, 0.3) is 0 Å². The van der Waals surface area contributed by atoms with E-state index in [4.69, 9.17) is 0 Å². The third kappa shape index (κ3) is 7.23. The summed E-state index contributed by atoms with van der Waals surface area (Å²) in [7, 11) is 1.73. The van der Waals surface area contributed by atoms with E-state index in [1.807, 2.05) is 30.3 Å². The first kappa shape index (κ1) is 23.0. The predicted molar refractivity (Wildman–Crippen MR) is 130 cm³/mol. The van der Waals surface area contributed by atoms with Crippen molar-refractivity contribution in [1.82, 2.24) is 16.0 Å². The highest BCUT2D eigenvalue weighted by molar-refractivity contribution is 14.0. The molecule has 0 aliphatic carbocycles. The number of aliphatic imine (C=N–C) groups is 1. The van der Waals surface area contributed by atoms with Crippen molar-refractivity contribution >= 4 is 41.5 Å². The zero-order valence-corrected chi connectivity index (χ0v) is 19.4. The second-order valence-corrected chi connectivity index (χ2v) is 7.10. The zero-order valence-electron chi connectivity index (χ0n) is 17.0. The molecule has 29 heavy (non-hydrogen) atoms. The highest BCUT2D eigenvalue weighted by atomic mass is 127. The van der Waals surface area contributed by atoms with Crippen molar-refractivity contribution in [2.75, 3.05) is 31.6 Å². The molecule has 0 aromatic heterocycles. The van der Waals surface area contributed by atoms with Gasteiger partial charge in [-0.05, 0) is 31.0 Å². The number of benzene rings is 2. The lowest BCUT2D eigenvalue weighted by Crippen LogP contribution is -2.47. The average molecular weight is 507 g/mol. The maximum atomic E-state index is 12.1. The molecule has 0 radical (unpaired) electrons. The second kappa shape index (κ2) is 11.6. The van der Waals surface area contributed by atoms with Crippen molar-refractivity contribution in [3.8, 4) is 0 Å². The summed E-state index contributed by atoms with van der Waals surface area (Å²) in [6, 6.07) is 18.8. The Morgan fingerprint density at radius 3 is 2.52 bits per heavy atom. The summed E-state index contributed by atoms with van der Waals surface area (Å²) in [5, 5.41) is 9.44. The lowest BCUT2D eigenvalue weighted by molar-refractivity contribution is -0.120. The Balaban J connectivity index is 0.00000300. The van der Waals surface area contributed by atoms with E-state index in [1.165, 1.54) is 11.3 Å². The van der Waals surface area contributed by atoms with Crippen molar-refractivity contribution in [1.29, 1.82) is 0 Å². The molecule has 1 aliphatic rings. The zero-order chi connectivity index (χ0) is 19.8. The average Bonchev–Trinajstić information content (AvgIpc) is 3.19. The number of nitrogens with zero attached hydrogens (tertiary/aromatic N) is 2. The minimum Gasteiger partial charge on any atom is -0.369 e. The number of aryl methyl sites for hydroxylation is 1. The van der Waals surface area contributed by atoms with Crippen molar-refractivity contribution in [2.24, 2.45) is 4.99 Å². The molecule has 1 atom stereocenters. The van der Waals surface area contributed by atoms with E-state index in [9.17, 15) is 4.79 Å². The van der Waals surface area contributed by atoms with Crippen molar-refractivity contribution in [3.05, 3.63) is 65.7 Å². The van der Waals surface area contributed by atoms with E-state index in [1.54, 1.807) is 7.05 Å². The van der Waals surface area contributed by atoms with Gasteiger partial charge in [-0.3, -0.25) is 9.79 Å². The molecule has 1 heterocycles. The number of anilines is 1. The van der Waals surface area contributed by atoms with Gasteiger partial charge in [-0.1, -0.05) is 48.0 Å². The monoisotopic (exact) mass is 507 g/mol. The van der Waals surface area contributed by atoms with Crippen LogP contribution in [-0.4, -0.2) is 44.6 Å². The van der Waals surface area contributed by atoms with E-state index in [-0.39, 0.29) is 36.4 Å². The lowest BCUT2D eigenvalue weighted by atomic mass is 10.2. The van der Waals surface area contributed by atoms with Gasteiger partial charge in [0.15, 0.2) is 5.96 Å². The van der Waals surface area contributed by atoms with Gasteiger partial charge in [0.05, 0.1) is 6.54 Å². The molecule has 1 amide bonds. The topological polar surface area (TPSA) is 68.8 Å². The van der Waals surface area contributed by atoms with Crippen LogP contribution in [0.15, 0.2) is 59.6 Å². The summed E-state index contributed by atoms with van der Waals surface area (Å²) < 4.78 is 0. The first-order chi connectivity index (χ1) is 13.6. The van der Waals surface area contributed by atoms with Gasteiger partial charge in [0.1, 0.15) is 0 Å². The predicted octanol–water partition coefficient (Wildman–Crippen LogP) is 2.67. The quantitative estimate of drug-likeness (QED) is 0.320. The molecule has 1 aliphatic heterocycles. The lowest BCUT2D eigenvalue weighted by Gasteiger charge is -2.20. The van der Waals surface area contributed by atoms with Crippen LogP contribution in [0.5, 0.6) is 0 Å². The van der Waals surface area contributed by atoms with Gasteiger partial charge >= 0.3 is 0 Å². The van der Waals surface area contributed by atoms with Crippen LogP contribution in [0.25, 0.3) is 0 Å². The first-order valence-electron chi connectivity index (χ1n) is 9.73. The molecule has 6 nitrogen and oxygen atoms in total. The summed E-state index contributed by atoms with van der Waals surface area (Å²) in [4.78, 5) is 18.7. The first-order valence-corrected chi connectivity index (χ1v) is 9.73. The minimum atomic E-state index is -0.0560. The fourth-order valence-electron chi connectivity index (χ4n) is 3.28. The maximum Gasteiger partial charge on any atom is 0.239 e. The molecular weight excluding hydrogens is 477 g/mol. The van der Waals surface area contributed by atoms with E-state index in [2.05, 4.69) is 57.0 Å². The van der Waals surface area contributed by atoms with Crippen LogP contribution < -0.4 is 20.9 Å². The second-order valence-electron chi connectivity index (χ2n) is 7.10. The van der Waals surface area contributed by atoms with Crippen LogP contribution >= 0.6 is 24.0 Å². The van der Waals surface area contributed by atoms with Crippen LogP contribution in [0.3, 0.4) is 0 Å². The Bertz CT molecular complexity index is 795. The standard InChI is InChI=1S/C22H29N5O.HI/c1-17-8-10-20(11-9-17)27-13-12-19(16-27)26-22(23-2)25-15-21(28)24-14-18-6-4-3-5-7-18;/h3-11,19H,12-16H2,1-2H3,(H,24,28)(H2,23,25,26);1H. The Kier molecular flexibility index (Phi) is 9.24. The molecule has 3 N–H and O–H groups in total. The van der Waals surface area contributed by atoms with Crippen molar-refractivity contribution in [2.45, 2.75) is 25.9 Å². The molecule has 156 valence electrons. The largest absolute Gasteiger partial charge is 0.369 e. The number of rotatable bonds is 6. The summed E-state index contributed by atoms with van der Waals surface area (Å²) >= 11 is 0. The van der Waals surface area contributed by atoms with Gasteiger partial charge in [0, 0.05) is 38.4 Å². The Labute approximate surface area is 190 Å². The van der Waals surface area contributed by atoms with E-state index < -0.39 is 0 Å². The number of guanidine groups is 1. The fourth-order valence-corrected chi connectivity index (χ4v) is 3.28. The van der Waals surface area contributed by atoms with Gasteiger partial charge in [-0.2, -0.15) is 0 Å². The number of carbonyl (C=O) groups excluding carboxylic acids is 1. The molecule has 1 unspecified atom stereocenters. The normalized spacial score (nSPS) is 16.1. The number of hydrogen-bond acceptors (Lipinski definition) is 3. The molecule has 0 saturated carbocycles. The molecule has 0 bridgehead atoms. The summed E-state index contributed by atoms with van der Waals surface area (Å²) in [5.41, 5.74) is 3.60. The third-order valence-electron chi connectivity index (χ3n) is 4.90.